The molecule has 3 aromatic rings. The van der Waals surface area contributed by atoms with Crippen molar-refractivity contribution in [3.05, 3.63) is 71.6 Å². The molecule has 0 aliphatic carbocycles. The fraction of sp³-hybridized carbons (Fsp3) is 0.348. The van der Waals surface area contributed by atoms with Crippen LogP contribution in [0.4, 0.5) is 13.2 Å². The highest BCUT2D eigenvalue weighted by Crippen LogP contribution is 2.31. The quantitative estimate of drug-likeness (QED) is 0.585. The summed E-state index contributed by atoms with van der Waals surface area (Å²) in [6.45, 7) is 4.10. The molecule has 2 aromatic carbocycles. The van der Waals surface area contributed by atoms with E-state index in [9.17, 15) is 18.0 Å². The van der Waals surface area contributed by atoms with E-state index in [1.807, 2.05) is 30.3 Å². The van der Waals surface area contributed by atoms with E-state index in [-0.39, 0.29) is 17.3 Å². The molecule has 0 atom stereocenters. The summed E-state index contributed by atoms with van der Waals surface area (Å²) < 4.78 is 44.0. The third kappa shape index (κ3) is 6.39. The number of carbonyl (C=O) groups excluding carboxylic acids is 1. The van der Waals surface area contributed by atoms with Crippen LogP contribution in [0.3, 0.4) is 0 Å². The molecule has 1 amide bonds. The maximum Gasteiger partial charge on any atom is 0.416 e. The van der Waals surface area contributed by atoms with Gasteiger partial charge in [-0.2, -0.15) is 18.2 Å². The van der Waals surface area contributed by atoms with Crippen LogP contribution in [-0.4, -0.2) is 58.6 Å². The molecule has 1 fully saturated rings. The summed E-state index contributed by atoms with van der Waals surface area (Å²) in [5.41, 5.74) is 0.557. The van der Waals surface area contributed by atoms with Gasteiger partial charge < -0.3 is 9.84 Å². The minimum atomic E-state index is -4.43. The van der Waals surface area contributed by atoms with Crippen LogP contribution < -0.4 is 5.32 Å². The number of carbonyl (C=O) groups is 1. The number of nitrogens with one attached hydrogen (secondary N) is 1. The largest absolute Gasteiger partial charge is 0.416 e. The summed E-state index contributed by atoms with van der Waals surface area (Å²) in [5, 5.41) is 6.76. The van der Waals surface area contributed by atoms with Gasteiger partial charge in [0.1, 0.15) is 0 Å². The van der Waals surface area contributed by atoms with Crippen molar-refractivity contribution in [3.8, 4) is 11.4 Å². The maximum absolute atomic E-state index is 12.9. The third-order valence-electron chi connectivity index (χ3n) is 5.44. The SMILES string of the molecule is O=C(CN1CCN(Cc2nc(-c3cccc(C(F)(F)F)c3)no2)CC1)NCc1ccccc1. The lowest BCUT2D eigenvalue weighted by molar-refractivity contribution is -0.137. The first-order chi connectivity index (χ1) is 15.9. The predicted octanol–water partition coefficient (Wildman–Crippen LogP) is 3.19. The summed E-state index contributed by atoms with van der Waals surface area (Å²) in [6, 6.07) is 14.6. The molecule has 1 N–H and O–H groups in total. The number of alkyl halides is 3. The molecule has 0 saturated carbocycles. The summed E-state index contributed by atoms with van der Waals surface area (Å²) in [6.07, 6.45) is -4.43. The van der Waals surface area contributed by atoms with E-state index in [4.69, 9.17) is 4.52 Å². The molecule has 4 rings (SSSR count). The van der Waals surface area contributed by atoms with Crippen molar-refractivity contribution in [3.63, 3.8) is 0 Å². The molecule has 0 unspecified atom stereocenters. The fourth-order valence-corrected chi connectivity index (χ4v) is 3.62. The molecule has 1 aliphatic rings. The molecule has 1 saturated heterocycles. The first-order valence-corrected chi connectivity index (χ1v) is 10.6. The van der Waals surface area contributed by atoms with Crippen molar-refractivity contribution >= 4 is 5.91 Å². The van der Waals surface area contributed by atoms with Gasteiger partial charge in [-0.1, -0.05) is 47.6 Å². The molecule has 0 spiro atoms. The Hall–Kier alpha value is -3.24. The van der Waals surface area contributed by atoms with Crippen LogP contribution in [0.2, 0.25) is 0 Å². The lowest BCUT2D eigenvalue weighted by Crippen LogP contribution is -2.49. The first-order valence-electron chi connectivity index (χ1n) is 10.6. The van der Waals surface area contributed by atoms with Crippen LogP contribution >= 0.6 is 0 Å². The zero-order valence-corrected chi connectivity index (χ0v) is 17.9. The Morgan fingerprint density at radius 3 is 2.45 bits per heavy atom. The summed E-state index contributed by atoms with van der Waals surface area (Å²) >= 11 is 0. The van der Waals surface area contributed by atoms with Crippen LogP contribution in [0.1, 0.15) is 17.0 Å². The lowest BCUT2D eigenvalue weighted by atomic mass is 10.1. The summed E-state index contributed by atoms with van der Waals surface area (Å²) in [5.74, 6) is 0.455. The van der Waals surface area contributed by atoms with Crippen LogP contribution in [0.25, 0.3) is 11.4 Å². The van der Waals surface area contributed by atoms with Crippen LogP contribution in [0.15, 0.2) is 59.1 Å². The van der Waals surface area contributed by atoms with Crippen LogP contribution in [0.5, 0.6) is 0 Å². The van der Waals surface area contributed by atoms with E-state index in [0.717, 1.165) is 17.7 Å². The number of halogens is 3. The molecule has 33 heavy (non-hydrogen) atoms. The predicted molar refractivity (Wildman–Crippen MR) is 115 cm³/mol. The van der Waals surface area contributed by atoms with E-state index in [1.54, 1.807) is 0 Å². The van der Waals surface area contributed by atoms with Crippen molar-refractivity contribution in [2.45, 2.75) is 19.3 Å². The molecular weight excluding hydrogens is 435 g/mol. The van der Waals surface area contributed by atoms with Gasteiger partial charge in [0, 0.05) is 38.3 Å². The standard InChI is InChI=1S/C23H24F3N5O2/c24-23(25,26)19-8-4-7-18(13-19)22-28-21(33-29-22)16-31-11-9-30(10-12-31)15-20(32)27-14-17-5-2-1-3-6-17/h1-8,13H,9-12,14-16H2,(H,27,32). The Morgan fingerprint density at radius 1 is 1.00 bits per heavy atom. The van der Waals surface area contributed by atoms with Gasteiger partial charge in [-0.15, -0.1) is 0 Å². The Bertz CT molecular complexity index is 1060. The fourth-order valence-electron chi connectivity index (χ4n) is 3.62. The molecule has 0 bridgehead atoms. The van der Waals surface area contributed by atoms with E-state index in [1.165, 1.54) is 12.1 Å². The number of benzene rings is 2. The van der Waals surface area contributed by atoms with Crippen molar-refractivity contribution < 1.29 is 22.5 Å². The van der Waals surface area contributed by atoms with Gasteiger partial charge in [0.05, 0.1) is 18.7 Å². The van der Waals surface area contributed by atoms with Crippen molar-refractivity contribution in [1.82, 2.24) is 25.3 Å². The van der Waals surface area contributed by atoms with E-state index in [0.29, 0.717) is 51.7 Å². The van der Waals surface area contributed by atoms with Gasteiger partial charge in [0.2, 0.25) is 17.6 Å². The molecule has 1 aliphatic heterocycles. The number of hydrogen-bond donors (Lipinski definition) is 1. The Balaban J connectivity index is 1.24. The molecule has 2 heterocycles. The first kappa shape index (κ1) is 22.9. The van der Waals surface area contributed by atoms with Crippen molar-refractivity contribution in [2.24, 2.45) is 0 Å². The second-order valence-corrected chi connectivity index (χ2v) is 7.90. The monoisotopic (exact) mass is 459 g/mol. The maximum atomic E-state index is 12.9. The van der Waals surface area contributed by atoms with E-state index < -0.39 is 11.7 Å². The molecule has 10 heteroatoms. The Morgan fingerprint density at radius 2 is 1.73 bits per heavy atom. The second kappa shape index (κ2) is 10.1. The summed E-state index contributed by atoms with van der Waals surface area (Å²) in [7, 11) is 0. The number of aromatic nitrogens is 2. The average molecular weight is 459 g/mol. The number of rotatable bonds is 7. The van der Waals surface area contributed by atoms with Gasteiger partial charge in [-0.3, -0.25) is 14.6 Å². The number of piperazine rings is 1. The highest BCUT2D eigenvalue weighted by molar-refractivity contribution is 5.78. The topological polar surface area (TPSA) is 74.5 Å². The van der Waals surface area contributed by atoms with Crippen molar-refractivity contribution in [1.29, 1.82) is 0 Å². The van der Waals surface area contributed by atoms with Gasteiger partial charge in [-0.05, 0) is 17.7 Å². The molecule has 174 valence electrons. The minimum Gasteiger partial charge on any atom is -0.351 e. The minimum absolute atomic E-state index is 0.0186. The number of hydrogen-bond acceptors (Lipinski definition) is 6. The highest BCUT2D eigenvalue weighted by Gasteiger charge is 2.31. The normalized spacial score (nSPS) is 15.5. The second-order valence-electron chi connectivity index (χ2n) is 7.90. The van der Waals surface area contributed by atoms with E-state index >= 15 is 0 Å². The number of nitrogens with zero attached hydrogens (tertiary/aromatic N) is 4. The van der Waals surface area contributed by atoms with Gasteiger partial charge in [0.15, 0.2) is 0 Å². The Kier molecular flexibility index (Phi) is 7.05. The molecule has 0 radical (unpaired) electrons. The molecular formula is C23H24F3N5O2. The Labute approximate surface area is 189 Å². The van der Waals surface area contributed by atoms with Gasteiger partial charge in [0.25, 0.3) is 0 Å². The highest BCUT2D eigenvalue weighted by atomic mass is 19.4. The van der Waals surface area contributed by atoms with Crippen molar-refractivity contribution in [2.75, 3.05) is 32.7 Å². The van der Waals surface area contributed by atoms with Crippen LogP contribution in [-0.2, 0) is 24.1 Å². The lowest BCUT2D eigenvalue weighted by Gasteiger charge is -2.33. The van der Waals surface area contributed by atoms with Gasteiger partial charge >= 0.3 is 6.18 Å². The molecule has 7 nitrogen and oxygen atoms in total. The zero-order valence-electron chi connectivity index (χ0n) is 17.9. The summed E-state index contributed by atoms with van der Waals surface area (Å²) in [4.78, 5) is 20.7. The van der Waals surface area contributed by atoms with Gasteiger partial charge in [-0.25, -0.2) is 0 Å². The number of amides is 1. The molecule has 1 aromatic heterocycles. The third-order valence-corrected chi connectivity index (χ3v) is 5.44. The average Bonchev–Trinajstić information content (AvgIpc) is 3.28. The zero-order chi connectivity index (χ0) is 23.3. The van der Waals surface area contributed by atoms with E-state index in [2.05, 4.69) is 25.3 Å². The smallest absolute Gasteiger partial charge is 0.351 e. The van der Waals surface area contributed by atoms with Crippen LogP contribution in [0, 0.1) is 0 Å².